The van der Waals surface area contributed by atoms with Crippen LogP contribution in [0.4, 0.5) is 28.9 Å². The fourth-order valence-electron chi connectivity index (χ4n) is 9.62. The molecule has 4 aromatic carbocycles. The number of hydrogen-bond donors (Lipinski definition) is 1. The van der Waals surface area contributed by atoms with Gasteiger partial charge in [0.2, 0.25) is 11.3 Å². The molecule has 2 amide bonds. The van der Waals surface area contributed by atoms with Crippen molar-refractivity contribution in [1.82, 2.24) is 24.3 Å². The molecule has 3 aliphatic rings. The third-order valence-electron chi connectivity index (χ3n) is 13.6. The normalized spacial score (nSPS) is 16.5. The molecule has 0 spiro atoms. The van der Waals surface area contributed by atoms with E-state index in [9.17, 15) is 37.1 Å². The van der Waals surface area contributed by atoms with Crippen molar-refractivity contribution in [2.45, 2.75) is 70.6 Å². The van der Waals surface area contributed by atoms with Crippen molar-refractivity contribution in [3.8, 4) is 23.1 Å². The quantitative estimate of drug-likeness (QED) is 0.0594. The smallest absolute Gasteiger partial charge is 0.416 e. The maximum atomic E-state index is 15.6. The minimum Gasteiger partial charge on any atom is -0.493 e. The van der Waals surface area contributed by atoms with Crippen LogP contribution in [0.25, 0.3) is 21.8 Å². The number of aromatic nitrogens is 3. The second kappa shape index (κ2) is 20.1. The Labute approximate surface area is 405 Å². The van der Waals surface area contributed by atoms with Gasteiger partial charge < -0.3 is 33.9 Å². The van der Waals surface area contributed by atoms with Gasteiger partial charge in [-0.2, -0.15) is 13.2 Å². The van der Waals surface area contributed by atoms with Crippen LogP contribution in [0.1, 0.15) is 82.5 Å². The molecule has 1 N–H and O–H groups in total. The Bertz CT molecular complexity index is 3150. The first-order valence-corrected chi connectivity index (χ1v) is 23.5. The van der Waals surface area contributed by atoms with E-state index in [2.05, 4.69) is 31.2 Å². The maximum Gasteiger partial charge on any atom is 0.416 e. The molecule has 19 heteroatoms. The zero-order chi connectivity index (χ0) is 50.1. The van der Waals surface area contributed by atoms with E-state index in [-0.39, 0.29) is 63.4 Å². The fourth-order valence-corrected chi connectivity index (χ4v) is 9.62. The first kappa shape index (κ1) is 48.6. The second-order valence-electron chi connectivity index (χ2n) is 18.1. The number of methoxy groups -OCH3 is 1. The van der Waals surface area contributed by atoms with Crippen LogP contribution in [-0.2, 0) is 29.4 Å². The van der Waals surface area contributed by atoms with E-state index in [1.54, 1.807) is 17.0 Å². The third kappa shape index (κ3) is 10.1. The lowest BCUT2D eigenvalue weighted by atomic mass is 9.92. The zero-order valence-electron chi connectivity index (χ0n) is 39.4. The van der Waals surface area contributed by atoms with Crippen molar-refractivity contribution in [3.05, 3.63) is 117 Å². The molecule has 1 saturated heterocycles. The predicted molar refractivity (Wildman–Crippen MR) is 256 cm³/mol. The number of ether oxygens (including phenoxy) is 3. The van der Waals surface area contributed by atoms with E-state index in [4.69, 9.17) is 14.2 Å². The van der Waals surface area contributed by atoms with Gasteiger partial charge in [0, 0.05) is 86.3 Å². The van der Waals surface area contributed by atoms with E-state index in [1.807, 2.05) is 12.1 Å². The highest BCUT2D eigenvalue weighted by atomic mass is 19.4. The number of aryl methyl sites for hydroxylation is 1. The monoisotopic (exact) mass is 977 g/mol. The van der Waals surface area contributed by atoms with Crippen LogP contribution in [0.2, 0.25) is 0 Å². The van der Waals surface area contributed by atoms with Crippen molar-refractivity contribution in [1.29, 1.82) is 0 Å². The Kier molecular flexibility index (Phi) is 13.8. The number of rotatable bonds is 15. The topological polar surface area (TPSA) is 165 Å². The summed E-state index contributed by atoms with van der Waals surface area (Å²) in [5, 5.41) is 2.60. The molecule has 1 aliphatic carbocycles. The standard InChI is InChI=1S/C52H51F4N7O8/c1-30-47(48(66)38-23-32(52(54,55)56)8-13-41(38)60(30)2)49(67)59-33-9-15-44(39(53)24-33)71-50-37-26-45(69-3)46(27-40(37)57-29-58-50)70-21-7-5-4-6-16-61-17-19-62(20-18-61)34-10-12-36-31(22-34)28-63(51(36)68)42-14-11-35(64)25-43(42)65/h8-10,12-13,15,22-24,26-27,29,42H,4-7,11,14,16-21,25,28H2,1-3H3,(H,59,67). The molecule has 1 saturated carbocycles. The van der Waals surface area contributed by atoms with Crippen molar-refractivity contribution >= 4 is 56.6 Å². The number of ketones is 2. The van der Waals surface area contributed by atoms with Gasteiger partial charge in [0.05, 0.1) is 48.2 Å². The van der Waals surface area contributed by atoms with E-state index < -0.39 is 34.9 Å². The Balaban J connectivity index is 0.737. The SMILES string of the molecule is COc1cc2c(Oc3ccc(NC(=O)c4c(C)n(C)c5ccc(C(F)(F)F)cc5c4=O)cc3F)ncnc2cc1OCCCCCCN1CCN(c2ccc3c(c2)CN(C2CCC(=O)CC2=O)C3=O)CC1. The van der Waals surface area contributed by atoms with Crippen molar-refractivity contribution in [2.75, 3.05) is 56.7 Å². The number of pyridine rings is 1. The molecular weight excluding hydrogens is 927 g/mol. The van der Waals surface area contributed by atoms with Crippen LogP contribution in [0.5, 0.6) is 23.1 Å². The van der Waals surface area contributed by atoms with E-state index >= 15 is 4.39 Å². The summed E-state index contributed by atoms with van der Waals surface area (Å²) in [6, 6.07) is 15.1. The van der Waals surface area contributed by atoms with Gasteiger partial charge >= 0.3 is 6.18 Å². The van der Waals surface area contributed by atoms with Gasteiger partial charge in [-0.3, -0.25) is 28.9 Å². The largest absolute Gasteiger partial charge is 0.493 e. The summed E-state index contributed by atoms with van der Waals surface area (Å²) in [7, 11) is 3.02. The molecule has 2 aromatic heterocycles. The molecule has 9 rings (SSSR count). The number of anilines is 2. The average Bonchev–Trinajstić information content (AvgIpc) is 3.67. The first-order chi connectivity index (χ1) is 34.1. The minimum absolute atomic E-state index is 0.0216. The van der Waals surface area contributed by atoms with Gasteiger partial charge in [-0.1, -0.05) is 12.8 Å². The predicted octanol–water partition coefficient (Wildman–Crippen LogP) is 8.41. The molecule has 2 aliphatic heterocycles. The maximum absolute atomic E-state index is 15.6. The first-order valence-electron chi connectivity index (χ1n) is 23.5. The number of fused-ring (bicyclic) bond motifs is 3. The van der Waals surface area contributed by atoms with Crippen molar-refractivity contribution in [2.24, 2.45) is 7.05 Å². The van der Waals surface area contributed by atoms with Gasteiger partial charge in [0.1, 0.15) is 17.7 Å². The molecule has 1 unspecified atom stereocenters. The summed E-state index contributed by atoms with van der Waals surface area (Å²) in [6.45, 7) is 6.91. The molecule has 6 aromatic rings. The third-order valence-corrected chi connectivity index (χ3v) is 13.6. The molecular formula is C52H51F4N7O8. The number of carbonyl (C=O) groups is 4. The van der Waals surface area contributed by atoms with Gasteiger partial charge in [-0.15, -0.1) is 0 Å². The molecule has 370 valence electrons. The van der Waals surface area contributed by atoms with Crippen LogP contribution >= 0.6 is 0 Å². The zero-order valence-corrected chi connectivity index (χ0v) is 39.4. The number of nitrogens with one attached hydrogen (secondary N) is 1. The number of Topliss-reactive ketones (excluding diaryl/α,β-unsaturated/α-hetero) is 2. The number of nitrogens with zero attached hydrogens (tertiary/aromatic N) is 6. The highest BCUT2D eigenvalue weighted by Crippen LogP contribution is 2.38. The number of hydrogen-bond acceptors (Lipinski definition) is 12. The Morgan fingerprint density at radius 2 is 1.65 bits per heavy atom. The average molecular weight is 978 g/mol. The number of alkyl halides is 3. The Hall–Kier alpha value is -7.41. The van der Waals surface area contributed by atoms with Crippen LogP contribution in [0.3, 0.4) is 0 Å². The van der Waals surface area contributed by atoms with Crippen LogP contribution < -0.4 is 29.9 Å². The van der Waals surface area contributed by atoms with Gasteiger partial charge in [-0.05, 0) is 92.9 Å². The van der Waals surface area contributed by atoms with E-state index in [1.165, 1.54) is 50.2 Å². The lowest BCUT2D eigenvalue weighted by Gasteiger charge is -2.36. The molecule has 0 bridgehead atoms. The summed E-state index contributed by atoms with van der Waals surface area (Å²) in [4.78, 5) is 79.2. The lowest BCUT2D eigenvalue weighted by Crippen LogP contribution is -2.46. The number of unbranched alkanes of at least 4 members (excludes halogenated alkanes) is 3. The Morgan fingerprint density at radius 1 is 0.859 bits per heavy atom. The van der Waals surface area contributed by atoms with Crippen LogP contribution in [0, 0.1) is 12.7 Å². The van der Waals surface area contributed by atoms with Crippen LogP contribution in [0.15, 0.2) is 77.9 Å². The second-order valence-corrected chi connectivity index (χ2v) is 18.1. The van der Waals surface area contributed by atoms with Crippen LogP contribution in [-0.4, -0.2) is 100 Å². The fraction of sp³-hybridized carbons (Fsp3) is 0.365. The van der Waals surface area contributed by atoms with Gasteiger partial charge in [0.15, 0.2) is 28.8 Å². The van der Waals surface area contributed by atoms with Gasteiger partial charge in [0.25, 0.3) is 11.8 Å². The minimum atomic E-state index is -4.70. The van der Waals surface area contributed by atoms with Gasteiger partial charge in [-0.25, -0.2) is 14.4 Å². The molecule has 0 radical (unpaired) electrons. The molecule has 15 nitrogen and oxygen atoms in total. The molecule has 2 fully saturated rings. The molecule has 71 heavy (non-hydrogen) atoms. The van der Waals surface area contributed by atoms with Crippen molar-refractivity contribution < 1.29 is 51.0 Å². The molecule has 1 atom stereocenters. The van der Waals surface area contributed by atoms with E-state index in [0.717, 1.165) is 81.8 Å². The number of amides is 2. The lowest BCUT2D eigenvalue weighted by molar-refractivity contribution is -0.137. The number of halogens is 4. The summed E-state index contributed by atoms with van der Waals surface area (Å²) < 4.78 is 75.0. The molecule has 4 heterocycles. The highest BCUT2D eigenvalue weighted by molar-refractivity contribution is 6.08. The summed E-state index contributed by atoms with van der Waals surface area (Å²) in [6.07, 6.45) is 1.06. The van der Waals surface area contributed by atoms with E-state index in [0.29, 0.717) is 60.0 Å². The Morgan fingerprint density at radius 3 is 2.39 bits per heavy atom. The highest BCUT2D eigenvalue weighted by Gasteiger charge is 2.39. The number of benzene rings is 4. The summed E-state index contributed by atoms with van der Waals surface area (Å²) >= 11 is 0. The van der Waals surface area contributed by atoms with Crippen molar-refractivity contribution in [3.63, 3.8) is 0 Å². The summed E-state index contributed by atoms with van der Waals surface area (Å²) in [5.74, 6) is -1.51. The number of carbonyl (C=O) groups excluding carboxylic acids is 4. The summed E-state index contributed by atoms with van der Waals surface area (Å²) in [5.41, 5.74) is 1.17. The number of piperazine rings is 1.